The fraction of sp³-hybridized carbons (Fsp3) is 0.308. The van der Waals surface area contributed by atoms with Crippen LogP contribution in [0.3, 0.4) is 0 Å². The molecule has 3 heteroatoms. The van der Waals surface area contributed by atoms with Crippen LogP contribution in [0.4, 0.5) is 0 Å². The predicted molar refractivity (Wildman–Crippen MR) is 68.3 cm³/mol. The summed E-state index contributed by atoms with van der Waals surface area (Å²) in [4.78, 5) is 0. The lowest BCUT2D eigenvalue weighted by molar-refractivity contribution is 0.330. The first kappa shape index (κ1) is 11.4. The molecule has 0 N–H and O–H groups in total. The molecule has 0 saturated carbocycles. The second kappa shape index (κ2) is 4.06. The molecule has 2 aromatic rings. The van der Waals surface area contributed by atoms with Gasteiger partial charge in [0.1, 0.15) is 11.5 Å². The van der Waals surface area contributed by atoms with Crippen LogP contribution in [-0.4, -0.2) is 5.16 Å². The largest absolute Gasteiger partial charge is 0.360 e. The van der Waals surface area contributed by atoms with E-state index in [1.807, 2.05) is 30.3 Å². The third-order valence-corrected chi connectivity index (χ3v) is 2.92. The van der Waals surface area contributed by atoms with Crippen LogP contribution in [0.15, 0.2) is 39.3 Å². The van der Waals surface area contributed by atoms with Crippen molar-refractivity contribution in [1.82, 2.24) is 5.16 Å². The second-order valence-electron chi connectivity index (χ2n) is 4.83. The molecule has 0 saturated heterocycles. The molecule has 16 heavy (non-hydrogen) atoms. The predicted octanol–water partition coefficient (Wildman–Crippen LogP) is 4.40. The quantitative estimate of drug-likeness (QED) is 0.773. The topological polar surface area (TPSA) is 26.0 Å². The Bertz CT molecular complexity index is 479. The molecule has 1 aromatic carbocycles. The van der Waals surface area contributed by atoms with Crippen molar-refractivity contribution >= 4 is 15.9 Å². The number of hydrogen-bond acceptors (Lipinski definition) is 2. The van der Waals surface area contributed by atoms with Gasteiger partial charge >= 0.3 is 0 Å². The Hall–Kier alpha value is -1.09. The molecule has 0 aliphatic carbocycles. The minimum absolute atomic E-state index is 0.000609. The Morgan fingerprint density at radius 2 is 1.75 bits per heavy atom. The summed E-state index contributed by atoms with van der Waals surface area (Å²) in [6, 6.07) is 10.0. The van der Waals surface area contributed by atoms with Gasteiger partial charge in [-0.25, -0.2) is 0 Å². The van der Waals surface area contributed by atoms with E-state index >= 15 is 0 Å². The number of hydrogen-bond donors (Lipinski definition) is 0. The molecule has 0 aliphatic rings. The summed E-state index contributed by atoms with van der Waals surface area (Å²) in [5, 5.41) is 4.09. The summed E-state index contributed by atoms with van der Waals surface area (Å²) in [7, 11) is 0. The lowest BCUT2D eigenvalue weighted by Crippen LogP contribution is -2.09. The molecule has 84 valence electrons. The summed E-state index contributed by atoms with van der Waals surface area (Å²) in [6.45, 7) is 6.33. The Labute approximate surface area is 104 Å². The maximum Gasteiger partial charge on any atom is 0.142 e. The third-order valence-electron chi connectivity index (χ3n) is 2.39. The van der Waals surface area contributed by atoms with Crippen molar-refractivity contribution in [3.05, 3.63) is 40.6 Å². The van der Waals surface area contributed by atoms with Gasteiger partial charge in [0.15, 0.2) is 0 Å². The van der Waals surface area contributed by atoms with Crippen molar-refractivity contribution in [2.24, 2.45) is 0 Å². The first-order valence-corrected chi connectivity index (χ1v) is 5.99. The van der Waals surface area contributed by atoms with Gasteiger partial charge in [-0.3, -0.25) is 0 Å². The van der Waals surface area contributed by atoms with Gasteiger partial charge in [-0.05, 0) is 12.1 Å². The lowest BCUT2D eigenvalue weighted by atomic mass is 9.93. The number of nitrogens with zero attached hydrogens (tertiary/aromatic N) is 1. The first-order chi connectivity index (χ1) is 7.47. The van der Waals surface area contributed by atoms with Gasteiger partial charge in [0.05, 0.1) is 0 Å². The van der Waals surface area contributed by atoms with E-state index in [1.54, 1.807) is 0 Å². The molecule has 0 aliphatic heterocycles. The fourth-order valence-electron chi connectivity index (χ4n) is 1.39. The standard InChI is InChI=1S/C13H14BrNO/c1-13(2,3)12-8-11(15-16-12)9-4-6-10(14)7-5-9/h4-8H,1-3H3. The zero-order chi connectivity index (χ0) is 11.8. The Balaban J connectivity index is 2.35. The average molecular weight is 280 g/mol. The molecule has 0 radical (unpaired) electrons. The van der Waals surface area contributed by atoms with Crippen molar-refractivity contribution in [3.63, 3.8) is 0 Å². The van der Waals surface area contributed by atoms with Crippen LogP contribution < -0.4 is 0 Å². The van der Waals surface area contributed by atoms with Crippen molar-refractivity contribution < 1.29 is 4.52 Å². The molecular weight excluding hydrogens is 266 g/mol. The number of aromatic nitrogens is 1. The molecule has 1 heterocycles. The maximum absolute atomic E-state index is 5.35. The summed E-state index contributed by atoms with van der Waals surface area (Å²) in [6.07, 6.45) is 0. The molecule has 0 amide bonds. The highest BCUT2D eigenvalue weighted by Crippen LogP contribution is 2.27. The maximum atomic E-state index is 5.35. The van der Waals surface area contributed by atoms with Crippen molar-refractivity contribution in [2.45, 2.75) is 26.2 Å². The van der Waals surface area contributed by atoms with Gasteiger partial charge in [-0.1, -0.05) is 54.0 Å². The minimum atomic E-state index is 0.000609. The first-order valence-electron chi connectivity index (χ1n) is 5.20. The van der Waals surface area contributed by atoms with Crippen molar-refractivity contribution in [2.75, 3.05) is 0 Å². The Morgan fingerprint density at radius 1 is 1.12 bits per heavy atom. The van der Waals surface area contributed by atoms with Crippen LogP contribution in [-0.2, 0) is 5.41 Å². The number of benzene rings is 1. The summed E-state index contributed by atoms with van der Waals surface area (Å²) < 4.78 is 6.42. The number of rotatable bonds is 1. The van der Waals surface area contributed by atoms with Crippen LogP contribution in [0, 0.1) is 0 Å². The highest BCUT2D eigenvalue weighted by Gasteiger charge is 2.19. The fourth-order valence-corrected chi connectivity index (χ4v) is 1.65. The zero-order valence-corrected chi connectivity index (χ0v) is 11.2. The van der Waals surface area contributed by atoms with E-state index in [9.17, 15) is 0 Å². The van der Waals surface area contributed by atoms with E-state index in [-0.39, 0.29) is 5.41 Å². The molecule has 0 spiro atoms. The Morgan fingerprint density at radius 3 is 2.25 bits per heavy atom. The molecule has 2 rings (SSSR count). The highest BCUT2D eigenvalue weighted by atomic mass is 79.9. The van der Waals surface area contributed by atoms with Gasteiger partial charge in [0, 0.05) is 21.5 Å². The summed E-state index contributed by atoms with van der Waals surface area (Å²) in [5.41, 5.74) is 1.96. The van der Waals surface area contributed by atoms with E-state index in [2.05, 4.69) is 41.9 Å². The smallest absolute Gasteiger partial charge is 0.142 e. The van der Waals surface area contributed by atoms with Gasteiger partial charge in [0.2, 0.25) is 0 Å². The third kappa shape index (κ3) is 2.35. The lowest BCUT2D eigenvalue weighted by Gasteiger charge is -2.12. The zero-order valence-electron chi connectivity index (χ0n) is 9.62. The highest BCUT2D eigenvalue weighted by molar-refractivity contribution is 9.10. The van der Waals surface area contributed by atoms with Crippen LogP contribution in [0.2, 0.25) is 0 Å². The van der Waals surface area contributed by atoms with Gasteiger partial charge in [0.25, 0.3) is 0 Å². The Kier molecular flexibility index (Phi) is 2.89. The monoisotopic (exact) mass is 279 g/mol. The molecular formula is C13H14BrNO. The molecule has 0 unspecified atom stereocenters. The van der Waals surface area contributed by atoms with E-state index in [0.29, 0.717) is 0 Å². The van der Waals surface area contributed by atoms with E-state index in [1.165, 1.54) is 0 Å². The van der Waals surface area contributed by atoms with Gasteiger partial charge < -0.3 is 4.52 Å². The van der Waals surface area contributed by atoms with E-state index < -0.39 is 0 Å². The normalized spacial score (nSPS) is 11.8. The van der Waals surface area contributed by atoms with Crippen LogP contribution >= 0.6 is 15.9 Å². The molecule has 0 fully saturated rings. The minimum Gasteiger partial charge on any atom is -0.360 e. The SMILES string of the molecule is CC(C)(C)c1cc(-c2ccc(Br)cc2)no1. The molecule has 0 atom stereocenters. The average Bonchev–Trinajstić information content (AvgIpc) is 2.67. The van der Waals surface area contributed by atoms with E-state index in [0.717, 1.165) is 21.5 Å². The molecule has 1 aromatic heterocycles. The second-order valence-corrected chi connectivity index (χ2v) is 5.75. The van der Waals surface area contributed by atoms with Crippen molar-refractivity contribution in [1.29, 1.82) is 0 Å². The van der Waals surface area contributed by atoms with Gasteiger partial charge in [-0.15, -0.1) is 0 Å². The molecule has 2 nitrogen and oxygen atoms in total. The van der Waals surface area contributed by atoms with Gasteiger partial charge in [-0.2, -0.15) is 0 Å². The number of halogens is 1. The van der Waals surface area contributed by atoms with E-state index in [4.69, 9.17) is 4.52 Å². The summed E-state index contributed by atoms with van der Waals surface area (Å²) >= 11 is 3.41. The van der Waals surface area contributed by atoms with Crippen molar-refractivity contribution in [3.8, 4) is 11.3 Å². The molecule has 0 bridgehead atoms. The summed E-state index contributed by atoms with van der Waals surface area (Å²) in [5.74, 6) is 0.908. The van der Waals surface area contributed by atoms with Crippen LogP contribution in [0.25, 0.3) is 11.3 Å². The van der Waals surface area contributed by atoms with Crippen LogP contribution in [0.1, 0.15) is 26.5 Å². The van der Waals surface area contributed by atoms with Crippen LogP contribution in [0.5, 0.6) is 0 Å².